The largest absolute Gasteiger partial charge is 0.306 e. The Morgan fingerprint density at radius 3 is 2.66 bits per heavy atom. The molecule has 1 aromatic heterocycles. The predicted octanol–water partition coefficient (Wildman–Crippen LogP) is 5.22. The van der Waals surface area contributed by atoms with Crippen molar-refractivity contribution in [3.8, 4) is 5.69 Å². The van der Waals surface area contributed by atoms with Crippen LogP contribution in [0.4, 0.5) is 0 Å². The summed E-state index contributed by atoms with van der Waals surface area (Å²) in [7, 11) is 2.21. The molecule has 2 fully saturated rings. The molecule has 0 amide bonds. The van der Waals surface area contributed by atoms with E-state index in [0.717, 1.165) is 48.8 Å². The Morgan fingerprint density at radius 2 is 1.90 bits per heavy atom. The second-order valence-corrected chi connectivity index (χ2v) is 10.6. The number of nitrogens with zero attached hydrogens (tertiary/aromatic N) is 3. The highest BCUT2D eigenvalue weighted by molar-refractivity contribution is 14.1. The van der Waals surface area contributed by atoms with Gasteiger partial charge in [-0.15, -0.1) is 0 Å². The first-order chi connectivity index (χ1) is 14.1. The van der Waals surface area contributed by atoms with E-state index in [0.29, 0.717) is 24.0 Å². The summed E-state index contributed by atoms with van der Waals surface area (Å²) < 4.78 is 3.35. The monoisotopic (exact) mass is 503 g/mol. The van der Waals surface area contributed by atoms with Crippen molar-refractivity contribution in [2.45, 2.75) is 57.3 Å². The molecule has 1 aromatic carbocycles. The number of aromatic nitrogens is 2. The first-order valence-corrected chi connectivity index (χ1v) is 12.3. The van der Waals surface area contributed by atoms with Gasteiger partial charge in [-0.2, -0.15) is 5.10 Å². The van der Waals surface area contributed by atoms with E-state index in [1.54, 1.807) is 0 Å². The molecule has 2 aromatic rings. The summed E-state index contributed by atoms with van der Waals surface area (Å²) in [5, 5.41) is 5.09. The van der Waals surface area contributed by atoms with Crippen molar-refractivity contribution in [3.63, 3.8) is 0 Å². The van der Waals surface area contributed by atoms with Crippen LogP contribution in [0.1, 0.15) is 72.6 Å². The number of carbonyl (C=O) groups is 1. The van der Waals surface area contributed by atoms with E-state index in [1.165, 1.54) is 41.4 Å². The van der Waals surface area contributed by atoms with Crippen molar-refractivity contribution < 1.29 is 4.79 Å². The van der Waals surface area contributed by atoms with Gasteiger partial charge in [0.2, 0.25) is 0 Å². The number of Topliss-reactive ketones (excluding diaryl/α,β-unsaturated/α-hetero) is 1. The maximum absolute atomic E-state index is 13.3. The van der Waals surface area contributed by atoms with Crippen molar-refractivity contribution in [2.75, 3.05) is 20.1 Å². The maximum atomic E-state index is 13.3. The number of likely N-dealkylation sites (tertiary alicyclic amines) is 1. The van der Waals surface area contributed by atoms with Crippen molar-refractivity contribution in [2.24, 2.45) is 11.8 Å². The number of aryl methyl sites for hydroxylation is 1. The topological polar surface area (TPSA) is 38.1 Å². The summed E-state index contributed by atoms with van der Waals surface area (Å²) in [6, 6.07) is 8.57. The molecule has 0 bridgehead atoms. The molecule has 2 aliphatic carbocycles. The van der Waals surface area contributed by atoms with Crippen LogP contribution in [0.2, 0.25) is 0 Å². The molecule has 5 rings (SSSR count). The van der Waals surface area contributed by atoms with Crippen molar-refractivity contribution in [3.05, 3.63) is 44.8 Å². The Labute approximate surface area is 187 Å². The average molecular weight is 503 g/mol. The van der Waals surface area contributed by atoms with Gasteiger partial charge in [0.1, 0.15) is 0 Å². The predicted molar refractivity (Wildman–Crippen MR) is 124 cm³/mol. The van der Waals surface area contributed by atoms with Crippen LogP contribution in [-0.2, 0) is 6.42 Å². The van der Waals surface area contributed by atoms with Gasteiger partial charge in [0.15, 0.2) is 5.78 Å². The van der Waals surface area contributed by atoms with Crippen LogP contribution in [0.15, 0.2) is 24.3 Å². The standard InChI is InChI=1S/C24H30IN3O/c1-27-13-12-17-14-22(29)23-21(11-6-16-4-2-3-5-16)26-28(24(23)20(17)15-27)19-9-7-18(25)8-10-19/h7-10,16-17,20H,2-6,11-15H2,1H3. The second kappa shape index (κ2) is 8.14. The zero-order valence-electron chi connectivity index (χ0n) is 17.2. The van der Waals surface area contributed by atoms with Gasteiger partial charge in [-0.1, -0.05) is 25.7 Å². The Bertz CT molecular complexity index is 898. The second-order valence-electron chi connectivity index (χ2n) is 9.33. The number of halogens is 1. The summed E-state index contributed by atoms with van der Waals surface area (Å²) >= 11 is 2.34. The quantitative estimate of drug-likeness (QED) is 0.537. The molecule has 2 heterocycles. The van der Waals surface area contributed by atoms with Crippen LogP contribution in [0.3, 0.4) is 0 Å². The van der Waals surface area contributed by atoms with E-state index < -0.39 is 0 Å². The third kappa shape index (κ3) is 3.80. The molecule has 1 aliphatic heterocycles. The van der Waals surface area contributed by atoms with Gasteiger partial charge in [0, 0.05) is 22.5 Å². The highest BCUT2D eigenvalue weighted by atomic mass is 127. The van der Waals surface area contributed by atoms with Crippen LogP contribution in [-0.4, -0.2) is 40.6 Å². The SMILES string of the molecule is CN1CCC2CC(=O)c3c(CCC4CCCC4)nn(-c4ccc(I)cc4)c3C2C1. The molecule has 29 heavy (non-hydrogen) atoms. The fourth-order valence-corrected chi connectivity index (χ4v) is 6.14. The number of hydrogen-bond acceptors (Lipinski definition) is 3. The van der Waals surface area contributed by atoms with E-state index in [1.807, 2.05) is 0 Å². The molecule has 3 aliphatic rings. The minimum absolute atomic E-state index is 0.337. The van der Waals surface area contributed by atoms with Gasteiger partial charge < -0.3 is 4.90 Å². The van der Waals surface area contributed by atoms with Crippen LogP contribution >= 0.6 is 22.6 Å². The molecular formula is C24H30IN3O. The highest BCUT2D eigenvalue weighted by Crippen LogP contribution is 2.43. The number of likely N-dealkylation sites (N-methyl/N-ethyl adjacent to an activating group) is 1. The lowest BCUT2D eigenvalue weighted by Crippen LogP contribution is -2.41. The van der Waals surface area contributed by atoms with E-state index in [2.05, 4.69) is 63.5 Å². The van der Waals surface area contributed by atoms with Gasteiger partial charge in [0.25, 0.3) is 0 Å². The smallest absolute Gasteiger partial charge is 0.166 e. The van der Waals surface area contributed by atoms with Gasteiger partial charge in [0.05, 0.1) is 22.6 Å². The molecule has 2 atom stereocenters. The number of rotatable bonds is 4. The Balaban J connectivity index is 1.57. The molecule has 0 N–H and O–H groups in total. The normalized spacial score (nSPS) is 25.2. The van der Waals surface area contributed by atoms with Crippen LogP contribution in [0.25, 0.3) is 5.69 Å². The van der Waals surface area contributed by atoms with Crippen LogP contribution in [0, 0.1) is 15.4 Å². The van der Waals surface area contributed by atoms with Gasteiger partial charge in [-0.25, -0.2) is 4.68 Å². The molecule has 5 heteroatoms. The molecule has 154 valence electrons. The lowest BCUT2D eigenvalue weighted by Gasteiger charge is -2.39. The number of ketones is 1. The Morgan fingerprint density at radius 1 is 1.14 bits per heavy atom. The number of fused-ring (bicyclic) bond motifs is 3. The summed E-state index contributed by atoms with van der Waals surface area (Å²) in [5.74, 6) is 2.03. The van der Waals surface area contributed by atoms with Gasteiger partial charge in [-0.3, -0.25) is 4.79 Å². The van der Waals surface area contributed by atoms with E-state index in [-0.39, 0.29) is 0 Å². The Hall–Kier alpha value is -1.21. The summed E-state index contributed by atoms with van der Waals surface area (Å²) in [5.41, 5.74) is 4.32. The molecule has 0 spiro atoms. The number of benzene rings is 1. The molecule has 1 saturated carbocycles. The third-order valence-corrected chi connectivity index (χ3v) is 8.08. The van der Waals surface area contributed by atoms with Crippen LogP contribution in [0.5, 0.6) is 0 Å². The molecule has 0 radical (unpaired) electrons. The third-order valence-electron chi connectivity index (χ3n) is 7.37. The minimum Gasteiger partial charge on any atom is -0.306 e. The van der Waals surface area contributed by atoms with E-state index >= 15 is 0 Å². The van der Waals surface area contributed by atoms with E-state index in [4.69, 9.17) is 5.10 Å². The maximum Gasteiger partial charge on any atom is 0.166 e. The minimum atomic E-state index is 0.337. The fourth-order valence-electron chi connectivity index (χ4n) is 5.78. The van der Waals surface area contributed by atoms with Crippen molar-refractivity contribution >= 4 is 28.4 Å². The molecule has 2 unspecified atom stereocenters. The zero-order valence-corrected chi connectivity index (χ0v) is 19.4. The lowest BCUT2D eigenvalue weighted by molar-refractivity contribution is 0.0882. The Kier molecular flexibility index (Phi) is 5.54. The molecule has 1 saturated heterocycles. The molecular weight excluding hydrogens is 473 g/mol. The zero-order chi connectivity index (χ0) is 20.0. The first kappa shape index (κ1) is 19.7. The van der Waals surface area contributed by atoms with Crippen LogP contribution < -0.4 is 0 Å². The first-order valence-electron chi connectivity index (χ1n) is 11.2. The van der Waals surface area contributed by atoms with E-state index in [9.17, 15) is 4.79 Å². The number of piperidine rings is 1. The highest BCUT2D eigenvalue weighted by Gasteiger charge is 2.42. The summed E-state index contributed by atoms with van der Waals surface area (Å²) in [6.45, 7) is 2.12. The average Bonchev–Trinajstić information content (AvgIpc) is 3.36. The van der Waals surface area contributed by atoms with Crippen molar-refractivity contribution in [1.29, 1.82) is 0 Å². The van der Waals surface area contributed by atoms with Crippen molar-refractivity contribution in [1.82, 2.24) is 14.7 Å². The molecule has 4 nitrogen and oxygen atoms in total. The summed E-state index contributed by atoms with van der Waals surface area (Å²) in [6.07, 6.45) is 9.39. The number of hydrogen-bond donors (Lipinski definition) is 0. The van der Waals surface area contributed by atoms with Gasteiger partial charge in [-0.05, 0) is 91.5 Å². The number of carbonyl (C=O) groups excluding carboxylic acids is 1. The fraction of sp³-hybridized carbons (Fsp3) is 0.583. The summed E-state index contributed by atoms with van der Waals surface area (Å²) in [4.78, 5) is 15.7. The van der Waals surface area contributed by atoms with Gasteiger partial charge >= 0.3 is 0 Å². The lowest BCUT2D eigenvalue weighted by atomic mass is 9.73.